The van der Waals surface area contributed by atoms with Crippen LogP contribution < -0.4 is 15.4 Å². The molecular formula is C19H24N2O2. The molecule has 0 heterocycles. The van der Waals surface area contributed by atoms with E-state index in [-0.39, 0.29) is 5.91 Å². The van der Waals surface area contributed by atoms with Crippen molar-refractivity contribution in [3.63, 3.8) is 0 Å². The van der Waals surface area contributed by atoms with Crippen molar-refractivity contribution in [1.29, 1.82) is 0 Å². The lowest BCUT2D eigenvalue weighted by Crippen LogP contribution is -2.24. The number of carbonyl (C=O) groups is 1. The lowest BCUT2D eigenvalue weighted by Gasteiger charge is -2.12. The molecule has 1 amide bonds. The lowest BCUT2D eigenvalue weighted by atomic mass is 10.1. The first-order valence-electron chi connectivity index (χ1n) is 7.79. The van der Waals surface area contributed by atoms with Crippen LogP contribution in [0.25, 0.3) is 0 Å². The van der Waals surface area contributed by atoms with Gasteiger partial charge >= 0.3 is 0 Å². The molecule has 0 atom stereocenters. The summed E-state index contributed by atoms with van der Waals surface area (Å²) in [4.78, 5) is 11.9. The zero-order valence-electron chi connectivity index (χ0n) is 14.0. The van der Waals surface area contributed by atoms with Gasteiger partial charge in [0.1, 0.15) is 5.75 Å². The summed E-state index contributed by atoms with van der Waals surface area (Å²) in [6, 6.07) is 14.1. The van der Waals surface area contributed by atoms with E-state index in [1.54, 1.807) is 7.11 Å². The van der Waals surface area contributed by atoms with Gasteiger partial charge in [-0.2, -0.15) is 0 Å². The second-order valence-corrected chi connectivity index (χ2v) is 5.65. The molecule has 0 aliphatic heterocycles. The number of methoxy groups -OCH3 is 1. The smallest absolute Gasteiger partial charge is 0.222 e. The Labute approximate surface area is 137 Å². The molecule has 0 aromatic heterocycles. The average molecular weight is 312 g/mol. The quantitative estimate of drug-likeness (QED) is 0.823. The SMILES string of the molecule is COc1ccc(C)cc1NCCC(=O)NCc1cccc(C)c1. The van der Waals surface area contributed by atoms with Gasteiger partial charge in [0.05, 0.1) is 12.8 Å². The predicted octanol–water partition coefficient (Wildman–Crippen LogP) is 3.43. The molecule has 2 aromatic carbocycles. The van der Waals surface area contributed by atoms with Crippen molar-refractivity contribution in [2.24, 2.45) is 0 Å². The van der Waals surface area contributed by atoms with E-state index in [0.29, 0.717) is 19.5 Å². The van der Waals surface area contributed by atoms with Crippen molar-refractivity contribution in [2.75, 3.05) is 19.0 Å². The highest BCUT2D eigenvalue weighted by Crippen LogP contribution is 2.24. The molecule has 0 aliphatic rings. The first-order chi connectivity index (χ1) is 11.1. The van der Waals surface area contributed by atoms with Gasteiger partial charge in [-0.1, -0.05) is 35.9 Å². The van der Waals surface area contributed by atoms with Gasteiger partial charge in [0.25, 0.3) is 0 Å². The Kier molecular flexibility index (Phi) is 6.03. The molecule has 2 N–H and O–H groups in total. The van der Waals surface area contributed by atoms with Gasteiger partial charge in [-0.15, -0.1) is 0 Å². The van der Waals surface area contributed by atoms with Gasteiger partial charge < -0.3 is 15.4 Å². The molecule has 0 aliphatic carbocycles. The van der Waals surface area contributed by atoms with Crippen LogP contribution in [0.4, 0.5) is 5.69 Å². The highest BCUT2D eigenvalue weighted by atomic mass is 16.5. The minimum Gasteiger partial charge on any atom is -0.495 e. The summed E-state index contributed by atoms with van der Waals surface area (Å²) < 4.78 is 5.31. The molecule has 0 spiro atoms. The molecule has 4 nitrogen and oxygen atoms in total. The van der Waals surface area contributed by atoms with Crippen molar-refractivity contribution >= 4 is 11.6 Å². The molecule has 23 heavy (non-hydrogen) atoms. The monoisotopic (exact) mass is 312 g/mol. The molecule has 0 unspecified atom stereocenters. The summed E-state index contributed by atoms with van der Waals surface area (Å²) >= 11 is 0. The van der Waals surface area contributed by atoms with Crippen LogP contribution in [-0.4, -0.2) is 19.6 Å². The normalized spacial score (nSPS) is 10.2. The molecule has 122 valence electrons. The third-order valence-electron chi connectivity index (χ3n) is 3.59. The van der Waals surface area contributed by atoms with E-state index in [0.717, 1.165) is 22.6 Å². The number of anilines is 1. The Morgan fingerprint density at radius 1 is 1.09 bits per heavy atom. The lowest BCUT2D eigenvalue weighted by molar-refractivity contribution is -0.121. The van der Waals surface area contributed by atoms with Crippen LogP contribution in [0, 0.1) is 13.8 Å². The summed E-state index contributed by atoms with van der Waals surface area (Å²) in [5.41, 5.74) is 4.38. The summed E-state index contributed by atoms with van der Waals surface area (Å²) in [7, 11) is 1.64. The Balaban J connectivity index is 1.78. The average Bonchev–Trinajstić information content (AvgIpc) is 2.53. The number of amides is 1. The standard InChI is InChI=1S/C19H24N2O2/c1-14-5-4-6-16(11-14)13-21-19(22)9-10-20-17-12-15(2)7-8-18(17)23-3/h4-8,11-12,20H,9-10,13H2,1-3H3,(H,21,22). The van der Waals surface area contributed by atoms with Gasteiger partial charge in [0.15, 0.2) is 0 Å². The van der Waals surface area contributed by atoms with Crippen LogP contribution in [0.3, 0.4) is 0 Å². The van der Waals surface area contributed by atoms with E-state index in [1.807, 2.05) is 50.2 Å². The number of nitrogens with one attached hydrogen (secondary N) is 2. The van der Waals surface area contributed by atoms with E-state index >= 15 is 0 Å². The van der Waals surface area contributed by atoms with Gasteiger partial charge in [0, 0.05) is 19.5 Å². The third-order valence-corrected chi connectivity index (χ3v) is 3.59. The van der Waals surface area contributed by atoms with Crippen LogP contribution in [0.5, 0.6) is 5.75 Å². The fraction of sp³-hybridized carbons (Fsp3) is 0.316. The summed E-state index contributed by atoms with van der Waals surface area (Å²) in [5.74, 6) is 0.821. The van der Waals surface area contributed by atoms with Crippen molar-refractivity contribution in [1.82, 2.24) is 5.32 Å². The fourth-order valence-electron chi connectivity index (χ4n) is 2.38. The molecule has 0 saturated heterocycles. The van der Waals surface area contributed by atoms with E-state index < -0.39 is 0 Å². The largest absolute Gasteiger partial charge is 0.495 e. The van der Waals surface area contributed by atoms with Gasteiger partial charge in [-0.3, -0.25) is 4.79 Å². The van der Waals surface area contributed by atoms with Crippen molar-refractivity contribution in [3.8, 4) is 5.75 Å². The molecular weight excluding hydrogens is 288 g/mol. The zero-order valence-corrected chi connectivity index (χ0v) is 14.0. The van der Waals surface area contributed by atoms with Crippen LogP contribution >= 0.6 is 0 Å². The minimum atomic E-state index is 0.0330. The minimum absolute atomic E-state index is 0.0330. The second kappa shape index (κ2) is 8.22. The predicted molar refractivity (Wildman–Crippen MR) is 93.9 cm³/mol. The maximum atomic E-state index is 11.9. The number of rotatable bonds is 7. The molecule has 4 heteroatoms. The van der Waals surface area contributed by atoms with Crippen LogP contribution in [-0.2, 0) is 11.3 Å². The summed E-state index contributed by atoms with van der Waals surface area (Å²) in [6.45, 7) is 5.21. The first kappa shape index (κ1) is 16.9. The highest BCUT2D eigenvalue weighted by molar-refractivity contribution is 5.76. The summed E-state index contributed by atoms with van der Waals surface area (Å²) in [6.07, 6.45) is 0.420. The molecule has 0 bridgehead atoms. The Morgan fingerprint density at radius 3 is 2.61 bits per heavy atom. The fourth-order valence-corrected chi connectivity index (χ4v) is 2.38. The second-order valence-electron chi connectivity index (χ2n) is 5.65. The van der Waals surface area contributed by atoms with Crippen molar-refractivity contribution in [2.45, 2.75) is 26.8 Å². The zero-order chi connectivity index (χ0) is 16.7. The highest BCUT2D eigenvalue weighted by Gasteiger charge is 2.05. The van der Waals surface area contributed by atoms with Crippen LogP contribution in [0.15, 0.2) is 42.5 Å². The van der Waals surface area contributed by atoms with Gasteiger partial charge in [-0.25, -0.2) is 0 Å². The third kappa shape index (κ3) is 5.33. The molecule has 2 rings (SSSR count). The van der Waals surface area contributed by atoms with E-state index in [4.69, 9.17) is 4.74 Å². The molecule has 0 radical (unpaired) electrons. The Hall–Kier alpha value is -2.49. The summed E-state index contributed by atoms with van der Waals surface area (Å²) in [5, 5.41) is 6.20. The molecule has 2 aromatic rings. The number of aryl methyl sites for hydroxylation is 2. The van der Waals surface area contributed by atoms with Crippen molar-refractivity contribution < 1.29 is 9.53 Å². The molecule has 0 fully saturated rings. The number of ether oxygens (including phenoxy) is 1. The number of benzene rings is 2. The Morgan fingerprint density at radius 2 is 1.87 bits per heavy atom. The van der Waals surface area contributed by atoms with E-state index in [1.165, 1.54) is 5.56 Å². The topological polar surface area (TPSA) is 50.4 Å². The number of hydrogen-bond acceptors (Lipinski definition) is 3. The maximum Gasteiger partial charge on any atom is 0.222 e. The van der Waals surface area contributed by atoms with Gasteiger partial charge in [0.2, 0.25) is 5.91 Å². The van der Waals surface area contributed by atoms with Crippen LogP contribution in [0.2, 0.25) is 0 Å². The van der Waals surface area contributed by atoms with Crippen LogP contribution in [0.1, 0.15) is 23.1 Å². The maximum absolute atomic E-state index is 11.9. The van der Waals surface area contributed by atoms with Crippen molar-refractivity contribution in [3.05, 3.63) is 59.2 Å². The number of carbonyl (C=O) groups excluding carboxylic acids is 1. The van der Waals surface area contributed by atoms with E-state index in [9.17, 15) is 4.79 Å². The van der Waals surface area contributed by atoms with E-state index in [2.05, 4.69) is 16.7 Å². The Bertz CT molecular complexity index is 668. The first-order valence-corrected chi connectivity index (χ1v) is 7.79. The van der Waals surface area contributed by atoms with Gasteiger partial charge in [-0.05, 0) is 37.1 Å². The number of hydrogen-bond donors (Lipinski definition) is 2. The molecule has 0 saturated carbocycles.